The maximum absolute atomic E-state index is 10.6. The zero-order valence-electron chi connectivity index (χ0n) is 32.2. The van der Waals surface area contributed by atoms with Crippen molar-refractivity contribution in [2.24, 2.45) is 0 Å². The SMILES string of the molecule is [C-]#[N+]c1cc(-c2cc(-c3ccccc3)nc(-c3ccccc3)n2)c(C#N)cc1-c1ccc(-n2c3ccccc3c3cc(-n4c5ccccc5c5ccccc54)ccc32)cc1. The fourth-order valence-electron chi connectivity index (χ4n) is 8.64. The lowest BCUT2D eigenvalue weighted by atomic mass is 9.95. The van der Waals surface area contributed by atoms with E-state index in [9.17, 15) is 5.26 Å². The van der Waals surface area contributed by atoms with Crippen LogP contribution in [0.5, 0.6) is 0 Å². The summed E-state index contributed by atoms with van der Waals surface area (Å²) in [5.41, 5.74) is 12.8. The Labute approximate surface area is 346 Å². The van der Waals surface area contributed by atoms with Crippen LogP contribution in [0.2, 0.25) is 0 Å². The molecule has 8 aromatic carbocycles. The zero-order chi connectivity index (χ0) is 40.2. The number of rotatable bonds is 6. The van der Waals surface area contributed by atoms with Gasteiger partial charge in [0.05, 0.1) is 51.7 Å². The molecule has 3 aromatic heterocycles. The van der Waals surface area contributed by atoms with E-state index in [2.05, 4.69) is 123 Å². The monoisotopic (exact) mass is 764 g/mol. The van der Waals surface area contributed by atoms with Gasteiger partial charge in [-0.1, -0.05) is 127 Å². The Kier molecular flexibility index (Phi) is 8.15. The van der Waals surface area contributed by atoms with E-state index in [4.69, 9.17) is 16.5 Å². The molecular formula is C54H32N6. The molecule has 11 aromatic rings. The first-order valence-corrected chi connectivity index (χ1v) is 19.8. The predicted molar refractivity (Wildman–Crippen MR) is 243 cm³/mol. The lowest BCUT2D eigenvalue weighted by molar-refractivity contribution is 1.17. The number of hydrogen-bond acceptors (Lipinski definition) is 3. The molecule has 0 atom stereocenters. The molecule has 60 heavy (non-hydrogen) atoms. The van der Waals surface area contributed by atoms with Crippen LogP contribution >= 0.6 is 0 Å². The highest BCUT2D eigenvalue weighted by Crippen LogP contribution is 2.40. The van der Waals surface area contributed by atoms with Gasteiger partial charge in [-0.2, -0.15) is 5.26 Å². The minimum atomic E-state index is 0.430. The van der Waals surface area contributed by atoms with E-state index in [-0.39, 0.29) is 0 Å². The lowest BCUT2D eigenvalue weighted by Crippen LogP contribution is -1.98. The normalized spacial score (nSPS) is 11.3. The highest BCUT2D eigenvalue weighted by molar-refractivity contribution is 6.12. The number of nitrogens with zero attached hydrogens (tertiary/aromatic N) is 6. The van der Waals surface area contributed by atoms with Crippen LogP contribution in [0, 0.1) is 17.9 Å². The minimum Gasteiger partial charge on any atom is -0.309 e. The average Bonchev–Trinajstić information content (AvgIpc) is 3.84. The van der Waals surface area contributed by atoms with E-state index in [1.165, 1.54) is 27.2 Å². The molecule has 0 N–H and O–H groups in total. The Hall–Kier alpha value is -8.58. The highest BCUT2D eigenvalue weighted by atomic mass is 15.0. The van der Waals surface area contributed by atoms with Crippen LogP contribution in [0.15, 0.2) is 194 Å². The lowest BCUT2D eigenvalue weighted by Gasteiger charge is -2.14. The van der Waals surface area contributed by atoms with Gasteiger partial charge in [0.15, 0.2) is 11.5 Å². The molecule has 0 amide bonds. The van der Waals surface area contributed by atoms with E-state index in [1.54, 1.807) is 6.07 Å². The summed E-state index contributed by atoms with van der Waals surface area (Å²) in [5, 5.41) is 15.4. The van der Waals surface area contributed by atoms with Crippen LogP contribution in [0.1, 0.15) is 5.56 Å². The molecule has 0 aliphatic heterocycles. The van der Waals surface area contributed by atoms with Crippen LogP contribution in [0.4, 0.5) is 5.69 Å². The Bertz CT molecular complexity index is 3440. The molecule has 11 rings (SSSR count). The summed E-state index contributed by atoms with van der Waals surface area (Å²) >= 11 is 0. The van der Waals surface area contributed by atoms with Gasteiger partial charge in [-0.25, -0.2) is 14.8 Å². The minimum absolute atomic E-state index is 0.430. The van der Waals surface area contributed by atoms with E-state index in [1.807, 2.05) is 84.9 Å². The van der Waals surface area contributed by atoms with Gasteiger partial charge in [0, 0.05) is 49.6 Å². The highest BCUT2D eigenvalue weighted by Gasteiger charge is 2.19. The molecule has 0 aliphatic rings. The molecule has 278 valence electrons. The van der Waals surface area contributed by atoms with E-state index < -0.39 is 0 Å². The van der Waals surface area contributed by atoms with Crippen LogP contribution < -0.4 is 0 Å². The fraction of sp³-hybridized carbons (Fsp3) is 0. The number of aromatic nitrogens is 4. The number of fused-ring (bicyclic) bond motifs is 6. The van der Waals surface area contributed by atoms with Crippen molar-refractivity contribution in [1.29, 1.82) is 5.26 Å². The van der Waals surface area contributed by atoms with Crippen LogP contribution in [0.3, 0.4) is 0 Å². The quantitative estimate of drug-likeness (QED) is 0.158. The van der Waals surface area contributed by atoms with Crippen molar-refractivity contribution in [2.45, 2.75) is 0 Å². The summed E-state index contributed by atoms with van der Waals surface area (Å²) in [6, 6.07) is 68.4. The molecule has 0 radical (unpaired) electrons. The summed E-state index contributed by atoms with van der Waals surface area (Å²) < 4.78 is 4.66. The van der Waals surface area contributed by atoms with Crippen molar-refractivity contribution in [3.05, 3.63) is 211 Å². The third-order valence-electron chi connectivity index (χ3n) is 11.4. The summed E-state index contributed by atoms with van der Waals surface area (Å²) in [5.74, 6) is 0.549. The van der Waals surface area contributed by atoms with Gasteiger partial charge in [0.1, 0.15) is 0 Å². The Morgan fingerprint density at radius 1 is 0.433 bits per heavy atom. The topological polar surface area (TPSA) is 63.8 Å². The Morgan fingerprint density at radius 2 is 0.950 bits per heavy atom. The van der Waals surface area contributed by atoms with Gasteiger partial charge in [-0.05, 0) is 77.9 Å². The summed E-state index contributed by atoms with van der Waals surface area (Å²) in [6.07, 6.45) is 0. The first-order chi connectivity index (χ1) is 29.7. The third-order valence-corrected chi connectivity index (χ3v) is 11.4. The van der Waals surface area contributed by atoms with Crippen molar-refractivity contribution < 1.29 is 0 Å². The van der Waals surface area contributed by atoms with Gasteiger partial charge >= 0.3 is 0 Å². The predicted octanol–water partition coefficient (Wildman–Crippen LogP) is 13.8. The molecule has 6 heteroatoms. The van der Waals surface area contributed by atoms with Crippen molar-refractivity contribution in [3.8, 4) is 62.5 Å². The second-order valence-electron chi connectivity index (χ2n) is 14.8. The second kappa shape index (κ2) is 14.1. The zero-order valence-corrected chi connectivity index (χ0v) is 32.2. The van der Waals surface area contributed by atoms with Crippen LogP contribution in [-0.4, -0.2) is 19.1 Å². The van der Waals surface area contributed by atoms with Gasteiger partial charge in [-0.3, -0.25) is 0 Å². The summed E-state index contributed by atoms with van der Waals surface area (Å²) in [4.78, 5) is 13.8. The maximum atomic E-state index is 10.6. The van der Waals surface area contributed by atoms with E-state index in [0.717, 1.165) is 50.2 Å². The van der Waals surface area contributed by atoms with E-state index in [0.29, 0.717) is 33.9 Å². The number of benzene rings is 8. The molecular weight excluding hydrogens is 733 g/mol. The third kappa shape index (κ3) is 5.63. The van der Waals surface area contributed by atoms with Gasteiger partial charge in [0.25, 0.3) is 0 Å². The maximum Gasteiger partial charge on any atom is 0.195 e. The standard InChI is InChI=1S/C54H32N6/c1-56-48-32-45(49-33-47(36-14-4-2-5-15-36)57-54(58-49)37-16-6-3-7-17-37)38(34-55)30-44(48)35-24-26-39(27-25-35)59-52-23-13-10-20-43(52)46-31-40(28-29-53(46)59)60-50-21-11-8-18-41(50)42-19-9-12-22-51(42)60/h2-33H. The summed E-state index contributed by atoms with van der Waals surface area (Å²) in [6.45, 7) is 8.27. The Balaban J connectivity index is 1.01. The van der Waals surface area contributed by atoms with Crippen LogP contribution in [0.25, 0.3) is 105 Å². The van der Waals surface area contributed by atoms with Crippen molar-refractivity contribution in [2.75, 3.05) is 0 Å². The average molecular weight is 765 g/mol. The van der Waals surface area contributed by atoms with Gasteiger partial charge < -0.3 is 9.13 Å². The molecule has 0 fully saturated rings. The van der Waals surface area contributed by atoms with Crippen molar-refractivity contribution >= 4 is 49.3 Å². The molecule has 0 unspecified atom stereocenters. The molecule has 3 heterocycles. The molecule has 0 aliphatic carbocycles. The number of nitriles is 1. The molecule has 0 saturated heterocycles. The summed E-state index contributed by atoms with van der Waals surface area (Å²) in [7, 11) is 0. The smallest absolute Gasteiger partial charge is 0.195 e. The molecule has 0 saturated carbocycles. The first-order valence-electron chi connectivity index (χ1n) is 19.8. The first kappa shape index (κ1) is 34.7. The van der Waals surface area contributed by atoms with Gasteiger partial charge in [0.2, 0.25) is 0 Å². The second-order valence-corrected chi connectivity index (χ2v) is 14.8. The molecule has 0 bridgehead atoms. The van der Waals surface area contributed by atoms with Crippen molar-refractivity contribution in [1.82, 2.24) is 19.1 Å². The van der Waals surface area contributed by atoms with Gasteiger partial charge in [-0.15, -0.1) is 0 Å². The van der Waals surface area contributed by atoms with Crippen LogP contribution in [-0.2, 0) is 0 Å². The Morgan fingerprint density at radius 3 is 1.57 bits per heavy atom. The van der Waals surface area contributed by atoms with E-state index >= 15 is 0 Å². The number of hydrogen-bond donors (Lipinski definition) is 0. The van der Waals surface area contributed by atoms with Crippen molar-refractivity contribution in [3.63, 3.8) is 0 Å². The molecule has 6 nitrogen and oxygen atoms in total. The fourth-order valence-corrected chi connectivity index (χ4v) is 8.64. The largest absolute Gasteiger partial charge is 0.309 e. The number of para-hydroxylation sites is 3. The molecule has 0 spiro atoms.